The fourth-order valence-electron chi connectivity index (χ4n) is 1.80. The van der Waals surface area contributed by atoms with Crippen molar-refractivity contribution in [3.63, 3.8) is 0 Å². The van der Waals surface area contributed by atoms with Gasteiger partial charge in [-0.25, -0.2) is 4.68 Å². The third-order valence-electron chi connectivity index (χ3n) is 2.82. The molecule has 0 spiro atoms. The second-order valence-electron chi connectivity index (χ2n) is 4.38. The Balaban J connectivity index is 1.85. The lowest BCUT2D eigenvalue weighted by Gasteiger charge is -2.05. The maximum Gasteiger partial charge on any atom is 0.435 e. The number of tetrazole rings is 1. The number of nitrogens with zero attached hydrogens (tertiary/aromatic N) is 5. The molecule has 3 rings (SSSR count). The molecule has 2 heterocycles. The van der Waals surface area contributed by atoms with Crippen molar-refractivity contribution in [2.75, 3.05) is 5.32 Å². The molecule has 0 saturated carbocycles. The van der Waals surface area contributed by atoms with Crippen LogP contribution in [0.2, 0.25) is 0 Å². The van der Waals surface area contributed by atoms with Crippen LogP contribution in [0.3, 0.4) is 0 Å². The van der Waals surface area contributed by atoms with E-state index < -0.39 is 17.8 Å². The molecule has 3 aromatic rings. The van der Waals surface area contributed by atoms with E-state index in [4.69, 9.17) is 0 Å². The Morgan fingerprint density at radius 3 is 2.74 bits per heavy atom. The lowest BCUT2D eigenvalue weighted by atomic mass is 10.2. The third kappa shape index (κ3) is 3.17. The van der Waals surface area contributed by atoms with Gasteiger partial charge in [-0.1, -0.05) is 11.2 Å². The topological polar surface area (TPSA) is 101 Å². The first kappa shape index (κ1) is 14.7. The predicted octanol–water partition coefficient (Wildman–Crippen LogP) is 1.66. The van der Waals surface area contributed by atoms with E-state index in [0.717, 1.165) is 10.7 Å². The Bertz CT molecular complexity index is 825. The molecule has 0 saturated heterocycles. The van der Waals surface area contributed by atoms with Crippen LogP contribution in [0.1, 0.15) is 16.1 Å². The van der Waals surface area contributed by atoms with Crippen LogP contribution in [-0.4, -0.2) is 36.3 Å². The molecule has 0 aliphatic carbocycles. The number of rotatable bonds is 3. The molecular formula is C12H8F3N7O. The van der Waals surface area contributed by atoms with E-state index >= 15 is 0 Å². The van der Waals surface area contributed by atoms with E-state index in [1.165, 1.54) is 30.5 Å². The van der Waals surface area contributed by atoms with Gasteiger partial charge in [-0.15, -0.1) is 5.10 Å². The number of aromatic amines is 1. The van der Waals surface area contributed by atoms with Crippen LogP contribution < -0.4 is 5.32 Å². The van der Waals surface area contributed by atoms with Crippen molar-refractivity contribution in [3.8, 4) is 5.69 Å². The minimum Gasteiger partial charge on any atom is -0.288 e. The van der Waals surface area contributed by atoms with Gasteiger partial charge in [0.15, 0.2) is 5.69 Å². The highest BCUT2D eigenvalue weighted by Gasteiger charge is 2.33. The van der Waals surface area contributed by atoms with Gasteiger partial charge in [0.25, 0.3) is 11.9 Å². The number of hydrogen-bond acceptors (Lipinski definition) is 5. The van der Waals surface area contributed by atoms with Gasteiger partial charge in [0.05, 0.1) is 5.69 Å². The second kappa shape index (κ2) is 5.51. The van der Waals surface area contributed by atoms with Crippen molar-refractivity contribution in [1.82, 2.24) is 30.4 Å². The van der Waals surface area contributed by atoms with Crippen LogP contribution in [0.4, 0.5) is 19.1 Å². The van der Waals surface area contributed by atoms with Gasteiger partial charge >= 0.3 is 6.18 Å². The molecular weight excluding hydrogens is 315 g/mol. The minimum atomic E-state index is -4.53. The summed E-state index contributed by atoms with van der Waals surface area (Å²) in [6.07, 6.45) is -3.36. The summed E-state index contributed by atoms with van der Waals surface area (Å²) in [4.78, 5) is 12.0. The Morgan fingerprint density at radius 1 is 1.26 bits per heavy atom. The lowest BCUT2D eigenvalue weighted by Crippen LogP contribution is -2.13. The Labute approximate surface area is 126 Å². The third-order valence-corrected chi connectivity index (χ3v) is 2.82. The van der Waals surface area contributed by atoms with Crippen LogP contribution >= 0.6 is 0 Å². The van der Waals surface area contributed by atoms with Gasteiger partial charge < -0.3 is 0 Å². The molecule has 1 amide bonds. The van der Waals surface area contributed by atoms with Crippen molar-refractivity contribution >= 4 is 11.9 Å². The van der Waals surface area contributed by atoms with Gasteiger partial charge in [-0.2, -0.15) is 23.5 Å². The number of anilines is 1. The number of alkyl halides is 3. The molecule has 2 N–H and O–H groups in total. The quantitative estimate of drug-likeness (QED) is 0.763. The summed E-state index contributed by atoms with van der Waals surface area (Å²) < 4.78 is 38.8. The van der Waals surface area contributed by atoms with E-state index in [1.54, 1.807) is 0 Å². The highest BCUT2D eigenvalue weighted by atomic mass is 19.4. The van der Waals surface area contributed by atoms with Crippen LogP contribution in [0.15, 0.2) is 36.5 Å². The summed E-state index contributed by atoms with van der Waals surface area (Å²) in [5, 5.41) is 18.4. The number of aromatic nitrogens is 6. The molecule has 0 fully saturated rings. The molecule has 0 radical (unpaired) electrons. The average molecular weight is 323 g/mol. The molecule has 1 aromatic carbocycles. The molecule has 0 aliphatic heterocycles. The number of carbonyl (C=O) groups is 1. The van der Waals surface area contributed by atoms with Crippen molar-refractivity contribution < 1.29 is 18.0 Å². The monoisotopic (exact) mass is 323 g/mol. The van der Waals surface area contributed by atoms with Crippen LogP contribution in [0.25, 0.3) is 5.69 Å². The summed E-state index contributed by atoms with van der Waals surface area (Å²) in [6, 6.07) is 6.79. The molecule has 0 unspecified atom stereocenters. The van der Waals surface area contributed by atoms with Crippen molar-refractivity contribution in [3.05, 3.63) is 47.8 Å². The summed E-state index contributed by atoms with van der Waals surface area (Å²) >= 11 is 0. The predicted molar refractivity (Wildman–Crippen MR) is 70.7 cm³/mol. The largest absolute Gasteiger partial charge is 0.435 e. The fourth-order valence-corrected chi connectivity index (χ4v) is 1.80. The second-order valence-corrected chi connectivity index (χ2v) is 4.38. The SMILES string of the molecule is O=C(Nc1nn[nH]n1)c1cccc(-n2ccc(C(F)(F)F)n2)c1. The maximum absolute atomic E-state index is 12.6. The minimum absolute atomic E-state index is 0.0150. The van der Waals surface area contributed by atoms with Crippen LogP contribution in [-0.2, 0) is 6.18 Å². The number of H-pyrrole nitrogens is 1. The van der Waals surface area contributed by atoms with E-state index in [9.17, 15) is 18.0 Å². The highest BCUT2D eigenvalue weighted by molar-refractivity contribution is 6.03. The Kier molecular flexibility index (Phi) is 3.52. The van der Waals surface area contributed by atoms with Crippen LogP contribution in [0.5, 0.6) is 0 Å². The smallest absolute Gasteiger partial charge is 0.288 e. The number of hydrogen-bond donors (Lipinski definition) is 2. The Morgan fingerprint density at radius 2 is 2.09 bits per heavy atom. The zero-order chi connectivity index (χ0) is 16.4. The number of amides is 1. The molecule has 8 nitrogen and oxygen atoms in total. The van der Waals surface area contributed by atoms with E-state index in [-0.39, 0.29) is 11.5 Å². The summed E-state index contributed by atoms with van der Waals surface area (Å²) in [5.41, 5.74) is -0.503. The standard InChI is InChI=1S/C12H8F3N7O/c13-12(14,15)9-4-5-22(19-9)8-3-1-2-7(6-8)10(23)16-11-17-20-21-18-11/h1-6H,(H2,16,17,18,20,21,23). The van der Waals surface area contributed by atoms with Crippen LogP contribution in [0, 0.1) is 0 Å². The number of halogens is 3. The van der Waals surface area contributed by atoms with Gasteiger partial charge in [0.2, 0.25) is 0 Å². The lowest BCUT2D eigenvalue weighted by molar-refractivity contribution is -0.141. The molecule has 0 aliphatic rings. The van der Waals surface area contributed by atoms with Crippen molar-refractivity contribution in [1.29, 1.82) is 0 Å². The number of nitrogens with one attached hydrogen (secondary N) is 2. The molecule has 0 bridgehead atoms. The van der Waals surface area contributed by atoms with Gasteiger partial charge in [0.1, 0.15) is 0 Å². The number of carbonyl (C=O) groups excluding carboxylic acids is 1. The highest BCUT2D eigenvalue weighted by Crippen LogP contribution is 2.27. The molecule has 11 heteroatoms. The number of benzene rings is 1. The van der Waals surface area contributed by atoms with Crippen molar-refractivity contribution in [2.45, 2.75) is 6.18 Å². The van der Waals surface area contributed by atoms with Gasteiger partial charge in [-0.3, -0.25) is 10.1 Å². The average Bonchev–Trinajstić information content (AvgIpc) is 3.18. The molecule has 2 aromatic heterocycles. The fraction of sp³-hybridized carbons (Fsp3) is 0.0833. The van der Waals surface area contributed by atoms with Gasteiger partial charge in [0, 0.05) is 11.8 Å². The summed E-state index contributed by atoms with van der Waals surface area (Å²) in [5.74, 6) is -0.546. The van der Waals surface area contributed by atoms with E-state index in [0.29, 0.717) is 5.69 Å². The first-order chi connectivity index (χ1) is 10.9. The summed E-state index contributed by atoms with van der Waals surface area (Å²) in [6.45, 7) is 0. The molecule has 0 atom stereocenters. The zero-order valence-electron chi connectivity index (χ0n) is 11.2. The zero-order valence-corrected chi connectivity index (χ0v) is 11.2. The van der Waals surface area contributed by atoms with Crippen molar-refractivity contribution in [2.24, 2.45) is 0 Å². The summed E-state index contributed by atoms with van der Waals surface area (Å²) in [7, 11) is 0. The van der Waals surface area contributed by atoms with Gasteiger partial charge in [-0.05, 0) is 29.5 Å². The Hall–Kier alpha value is -3.24. The van der Waals surface area contributed by atoms with E-state index in [2.05, 4.69) is 31.0 Å². The maximum atomic E-state index is 12.6. The molecule has 118 valence electrons. The van der Waals surface area contributed by atoms with E-state index in [1.807, 2.05) is 0 Å². The first-order valence-electron chi connectivity index (χ1n) is 6.21. The molecule has 23 heavy (non-hydrogen) atoms. The normalized spacial score (nSPS) is 11.4. The first-order valence-corrected chi connectivity index (χ1v) is 6.21.